The third-order valence-electron chi connectivity index (χ3n) is 5.02. The molecule has 0 saturated carbocycles. The van der Waals surface area contributed by atoms with Crippen LogP contribution in [0.4, 0.5) is 5.69 Å². The van der Waals surface area contributed by atoms with Crippen molar-refractivity contribution >= 4 is 22.8 Å². The zero-order valence-electron chi connectivity index (χ0n) is 16.0. The van der Waals surface area contributed by atoms with Gasteiger partial charge in [0.1, 0.15) is 0 Å². The van der Waals surface area contributed by atoms with Crippen LogP contribution in [0.5, 0.6) is 0 Å². The zero-order chi connectivity index (χ0) is 18.8. The summed E-state index contributed by atoms with van der Waals surface area (Å²) in [6.45, 7) is 6.51. The van der Waals surface area contributed by atoms with Gasteiger partial charge in [-0.1, -0.05) is 31.2 Å². The van der Waals surface area contributed by atoms with E-state index in [-0.39, 0.29) is 0 Å². The summed E-state index contributed by atoms with van der Waals surface area (Å²) >= 11 is 0. The number of pyridine rings is 1. The predicted octanol–water partition coefficient (Wildman–Crippen LogP) is 5.96. The Labute approximate surface area is 160 Å². The highest BCUT2D eigenvalue weighted by Gasteiger charge is 2.11. The molecule has 0 saturated heterocycles. The van der Waals surface area contributed by atoms with Crippen molar-refractivity contribution in [1.29, 1.82) is 0 Å². The largest absolute Gasteiger partial charge is 0.318 e. The van der Waals surface area contributed by atoms with Crippen LogP contribution in [0.3, 0.4) is 0 Å². The number of fused-ring (bicyclic) bond motifs is 1. The first-order valence-corrected chi connectivity index (χ1v) is 9.33. The van der Waals surface area contributed by atoms with Gasteiger partial charge >= 0.3 is 0 Å². The average molecular weight is 353 g/mol. The molecule has 0 unspecified atom stereocenters. The summed E-state index contributed by atoms with van der Waals surface area (Å²) in [7, 11) is 0. The Morgan fingerprint density at radius 2 is 1.85 bits per heavy atom. The van der Waals surface area contributed by atoms with E-state index in [9.17, 15) is 0 Å². The number of nitrogens with zero attached hydrogens (tertiary/aromatic N) is 3. The van der Waals surface area contributed by atoms with Crippen molar-refractivity contribution in [2.45, 2.75) is 27.2 Å². The lowest BCUT2D eigenvalue weighted by Gasteiger charge is -2.13. The van der Waals surface area contributed by atoms with Gasteiger partial charge in [0.2, 0.25) is 0 Å². The molecule has 0 aliphatic heterocycles. The maximum atomic E-state index is 4.71. The standard InChI is InChI=1S/C24H23N3/c1-4-19-8-5-6-10-24(19)27-17(2)14-21(18(27)3)16-26-22-11-12-23-20(15-22)9-7-13-25-23/h5-16H,4H2,1-3H3. The summed E-state index contributed by atoms with van der Waals surface area (Å²) in [5, 5.41) is 1.11. The normalized spacial score (nSPS) is 11.5. The van der Waals surface area contributed by atoms with Crippen LogP contribution in [0.15, 0.2) is 71.9 Å². The number of aryl methyl sites for hydroxylation is 2. The molecule has 3 heteroatoms. The van der Waals surface area contributed by atoms with Gasteiger partial charge in [-0.15, -0.1) is 0 Å². The van der Waals surface area contributed by atoms with Crippen LogP contribution in [0, 0.1) is 13.8 Å². The first-order chi connectivity index (χ1) is 13.2. The zero-order valence-corrected chi connectivity index (χ0v) is 16.0. The maximum absolute atomic E-state index is 4.71. The fourth-order valence-electron chi connectivity index (χ4n) is 3.60. The molecule has 0 aliphatic rings. The Morgan fingerprint density at radius 3 is 2.70 bits per heavy atom. The smallest absolute Gasteiger partial charge is 0.0703 e. The van der Waals surface area contributed by atoms with E-state index in [0.717, 1.165) is 28.6 Å². The van der Waals surface area contributed by atoms with Gasteiger partial charge in [-0.2, -0.15) is 0 Å². The van der Waals surface area contributed by atoms with E-state index in [1.807, 2.05) is 30.6 Å². The van der Waals surface area contributed by atoms with Crippen molar-refractivity contribution in [2.24, 2.45) is 4.99 Å². The number of aliphatic imine (C=N–C) groups is 1. The van der Waals surface area contributed by atoms with Gasteiger partial charge in [0.15, 0.2) is 0 Å². The average Bonchev–Trinajstić information content (AvgIpc) is 2.99. The van der Waals surface area contributed by atoms with E-state index >= 15 is 0 Å². The van der Waals surface area contributed by atoms with Crippen molar-refractivity contribution in [3.05, 3.63) is 89.4 Å². The highest BCUT2D eigenvalue weighted by atomic mass is 15.0. The van der Waals surface area contributed by atoms with E-state index < -0.39 is 0 Å². The number of para-hydroxylation sites is 1. The molecule has 4 rings (SSSR count). The lowest BCUT2D eigenvalue weighted by molar-refractivity contribution is 0.937. The van der Waals surface area contributed by atoms with Crippen molar-refractivity contribution in [3.8, 4) is 5.69 Å². The van der Waals surface area contributed by atoms with Crippen molar-refractivity contribution in [2.75, 3.05) is 0 Å². The third kappa shape index (κ3) is 3.28. The van der Waals surface area contributed by atoms with Crippen LogP contribution in [0.25, 0.3) is 16.6 Å². The number of rotatable bonds is 4. The molecule has 0 spiro atoms. The van der Waals surface area contributed by atoms with Crippen LogP contribution < -0.4 is 0 Å². The minimum Gasteiger partial charge on any atom is -0.318 e. The molecular formula is C24H23N3. The van der Waals surface area contributed by atoms with E-state index in [1.165, 1.54) is 22.6 Å². The fraction of sp³-hybridized carbons (Fsp3) is 0.167. The SMILES string of the molecule is CCc1ccccc1-n1c(C)cc(C=Nc2ccc3ncccc3c2)c1C. The quantitative estimate of drug-likeness (QED) is 0.417. The Morgan fingerprint density at radius 1 is 1.00 bits per heavy atom. The van der Waals surface area contributed by atoms with Gasteiger partial charge in [-0.25, -0.2) is 0 Å². The van der Waals surface area contributed by atoms with Crippen LogP contribution in [-0.2, 0) is 6.42 Å². The summed E-state index contributed by atoms with van der Waals surface area (Å²) in [5.41, 5.74) is 8.11. The summed E-state index contributed by atoms with van der Waals surface area (Å²) in [4.78, 5) is 9.08. The number of hydrogen-bond acceptors (Lipinski definition) is 2. The lowest BCUT2D eigenvalue weighted by Crippen LogP contribution is -2.03. The Bertz CT molecular complexity index is 1140. The van der Waals surface area contributed by atoms with Crippen LogP contribution in [0.2, 0.25) is 0 Å². The van der Waals surface area contributed by atoms with Gasteiger partial charge in [-0.05, 0) is 62.2 Å². The molecule has 2 aromatic carbocycles. The van der Waals surface area contributed by atoms with Gasteiger partial charge in [0.25, 0.3) is 0 Å². The molecule has 0 atom stereocenters. The topological polar surface area (TPSA) is 30.2 Å². The molecule has 0 aliphatic carbocycles. The molecule has 134 valence electrons. The first kappa shape index (κ1) is 17.2. The molecule has 0 radical (unpaired) electrons. The number of aromatic nitrogens is 2. The second-order valence-corrected chi connectivity index (χ2v) is 6.78. The van der Waals surface area contributed by atoms with E-state index in [1.54, 1.807) is 0 Å². The van der Waals surface area contributed by atoms with Crippen molar-refractivity contribution in [1.82, 2.24) is 9.55 Å². The molecule has 2 heterocycles. The van der Waals surface area contributed by atoms with Crippen LogP contribution >= 0.6 is 0 Å². The summed E-state index contributed by atoms with van der Waals surface area (Å²) in [6, 6.07) is 20.9. The Kier molecular flexibility index (Phi) is 4.59. The maximum Gasteiger partial charge on any atom is 0.0703 e. The number of hydrogen-bond donors (Lipinski definition) is 0. The Balaban J connectivity index is 1.71. The summed E-state index contributed by atoms with van der Waals surface area (Å²) < 4.78 is 2.32. The highest BCUT2D eigenvalue weighted by molar-refractivity contribution is 5.87. The molecule has 0 bridgehead atoms. The predicted molar refractivity (Wildman–Crippen MR) is 114 cm³/mol. The van der Waals surface area contributed by atoms with Crippen molar-refractivity contribution in [3.63, 3.8) is 0 Å². The first-order valence-electron chi connectivity index (χ1n) is 9.33. The fourth-order valence-corrected chi connectivity index (χ4v) is 3.60. The lowest BCUT2D eigenvalue weighted by atomic mass is 10.1. The molecule has 2 aromatic heterocycles. The molecule has 27 heavy (non-hydrogen) atoms. The Hall–Kier alpha value is -3.20. The van der Waals surface area contributed by atoms with Gasteiger partial charge in [-0.3, -0.25) is 9.98 Å². The second-order valence-electron chi connectivity index (χ2n) is 6.78. The molecule has 0 fully saturated rings. The van der Waals surface area contributed by atoms with Gasteiger partial charge < -0.3 is 4.57 Å². The monoisotopic (exact) mass is 353 g/mol. The van der Waals surface area contributed by atoms with Crippen LogP contribution in [-0.4, -0.2) is 15.8 Å². The highest BCUT2D eigenvalue weighted by Crippen LogP contribution is 2.24. The van der Waals surface area contributed by atoms with Gasteiger partial charge in [0.05, 0.1) is 11.2 Å². The van der Waals surface area contributed by atoms with E-state index in [4.69, 9.17) is 4.99 Å². The molecular weight excluding hydrogens is 330 g/mol. The minimum absolute atomic E-state index is 0.939. The third-order valence-corrected chi connectivity index (χ3v) is 5.02. The second kappa shape index (κ2) is 7.20. The van der Waals surface area contributed by atoms with Gasteiger partial charge in [0, 0.05) is 40.4 Å². The van der Waals surface area contributed by atoms with Crippen molar-refractivity contribution < 1.29 is 0 Å². The molecule has 0 amide bonds. The molecule has 0 N–H and O–H groups in total. The summed E-state index contributed by atoms with van der Waals surface area (Å²) in [5.74, 6) is 0. The number of benzene rings is 2. The summed E-state index contributed by atoms with van der Waals surface area (Å²) in [6.07, 6.45) is 4.79. The minimum atomic E-state index is 0.939. The molecule has 4 aromatic rings. The molecule has 3 nitrogen and oxygen atoms in total. The van der Waals surface area contributed by atoms with E-state index in [0.29, 0.717) is 0 Å². The van der Waals surface area contributed by atoms with E-state index in [2.05, 4.69) is 72.8 Å². The van der Waals surface area contributed by atoms with Crippen LogP contribution in [0.1, 0.15) is 29.4 Å².